The van der Waals surface area contributed by atoms with Crippen LogP contribution in [0.25, 0.3) is 56.4 Å². The summed E-state index contributed by atoms with van der Waals surface area (Å²) >= 11 is 0. The molecule has 0 amide bonds. The standard InChI is InChI=1S/C44H34N4/c45-26-32-14-7-8-15-35(32)36-16-9-17-39-40(36)37-25-31(18-19-38(37)44(39)33-21-27-20-28(23-33)24-34(44)22-27)43-47-41(29-10-3-1-4-11-29)46-42(48-43)30-12-5-2-6-13-30/h1-19,25,27-28,33-34H,20-24H2. The molecule has 11 rings (SSSR count). The average Bonchev–Trinajstić information content (AvgIpc) is 3.44. The van der Waals surface area contributed by atoms with E-state index in [1.54, 1.807) is 0 Å². The average molecular weight is 619 g/mol. The van der Waals surface area contributed by atoms with Gasteiger partial charge < -0.3 is 0 Å². The number of benzene rings is 5. The SMILES string of the molecule is N#Cc1ccccc1-c1cccc2c1-c1cc(-c3nc(-c4ccccc4)nc(-c4ccccc4)n3)ccc1C21C2CC3CC(C2)CC1C3. The number of rotatable bonds is 4. The van der Waals surface area contributed by atoms with Crippen LogP contribution >= 0.6 is 0 Å². The molecule has 6 aromatic rings. The lowest BCUT2D eigenvalue weighted by atomic mass is 9.43. The molecule has 5 aromatic carbocycles. The minimum atomic E-state index is 0.0116. The maximum absolute atomic E-state index is 10.2. The van der Waals surface area contributed by atoms with Gasteiger partial charge in [-0.15, -0.1) is 0 Å². The number of nitriles is 1. The third-order valence-electron chi connectivity index (χ3n) is 12.0. The van der Waals surface area contributed by atoms with Gasteiger partial charge in [-0.3, -0.25) is 0 Å². The van der Waals surface area contributed by atoms with Crippen molar-refractivity contribution in [1.29, 1.82) is 5.26 Å². The van der Waals surface area contributed by atoms with Crippen LogP contribution in [0.15, 0.2) is 121 Å². The minimum absolute atomic E-state index is 0.0116. The highest BCUT2D eigenvalue weighted by Crippen LogP contribution is 2.70. The summed E-state index contributed by atoms with van der Waals surface area (Å²) in [6, 6.07) is 44.9. The monoisotopic (exact) mass is 618 g/mol. The predicted molar refractivity (Wildman–Crippen MR) is 190 cm³/mol. The molecule has 0 radical (unpaired) electrons. The fourth-order valence-corrected chi connectivity index (χ4v) is 10.4. The van der Waals surface area contributed by atoms with Crippen molar-refractivity contribution in [2.24, 2.45) is 23.7 Å². The quantitative estimate of drug-likeness (QED) is 0.197. The summed E-state index contributed by atoms with van der Waals surface area (Å²) in [5.74, 6) is 5.03. The maximum atomic E-state index is 10.2. The van der Waals surface area contributed by atoms with Gasteiger partial charge in [0.1, 0.15) is 0 Å². The fourth-order valence-electron chi connectivity index (χ4n) is 10.4. The lowest BCUT2D eigenvalue weighted by Crippen LogP contribution is -2.55. The second-order valence-corrected chi connectivity index (χ2v) is 14.4. The molecule has 4 nitrogen and oxygen atoms in total. The molecule has 4 fully saturated rings. The Hall–Kier alpha value is -5.40. The smallest absolute Gasteiger partial charge is 0.164 e. The van der Waals surface area contributed by atoms with Crippen LogP contribution in [-0.4, -0.2) is 15.0 Å². The molecule has 4 bridgehead atoms. The molecule has 1 heterocycles. The molecule has 1 spiro atoms. The summed E-state index contributed by atoms with van der Waals surface area (Å²) < 4.78 is 0. The number of hydrogen-bond donors (Lipinski definition) is 0. The minimum Gasteiger partial charge on any atom is -0.208 e. The van der Waals surface area contributed by atoms with Gasteiger partial charge in [-0.25, -0.2) is 15.0 Å². The van der Waals surface area contributed by atoms with Gasteiger partial charge in [0.05, 0.1) is 11.6 Å². The van der Waals surface area contributed by atoms with E-state index in [2.05, 4.69) is 78.9 Å². The Kier molecular flexibility index (Phi) is 6.09. The number of fused-ring (bicyclic) bond motifs is 3. The molecule has 0 N–H and O–H groups in total. The van der Waals surface area contributed by atoms with E-state index >= 15 is 0 Å². The van der Waals surface area contributed by atoms with Crippen LogP contribution in [0.3, 0.4) is 0 Å². The van der Waals surface area contributed by atoms with E-state index in [0.29, 0.717) is 34.9 Å². The Morgan fingerprint density at radius 2 is 1.06 bits per heavy atom. The van der Waals surface area contributed by atoms with E-state index < -0.39 is 0 Å². The van der Waals surface area contributed by atoms with Crippen molar-refractivity contribution in [2.75, 3.05) is 0 Å². The van der Waals surface area contributed by atoms with Gasteiger partial charge in [0, 0.05) is 27.7 Å². The Balaban J connectivity index is 1.22. The van der Waals surface area contributed by atoms with E-state index in [9.17, 15) is 5.26 Å². The Labute approximate surface area is 281 Å². The molecule has 0 unspecified atom stereocenters. The van der Waals surface area contributed by atoms with Crippen LogP contribution < -0.4 is 0 Å². The van der Waals surface area contributed by atoms with Gasteiger partial charge in [0.25, 0.3) is 0 Å². The summed E-state index contributed by atoms with van der Waals surface area (Å²) in [6.07, 6.45) is 6.70. The fraction of sp³-hybridized carbons (Fsp3) is 0.227. The Bertz CT molecular complexity index is 2180. The van der Waals surface area contributed by atoms with E-state index in [-0.39, 0.29) is 5.41 Å². The molecule has 4 heteroatoms. The zero-order chi connectivity index (χ0) is 31.8. The van der Waals surface area contributed by atoms with Crippen molar-refractivity contribution >= 4 is 0 Å². The van der Waals surface area contributed by atoms with Crippen molar-refractivity contribution in [2.45, 2.75) is 37.5 Å². The van der Waals surface area contributed by atoms with E-state index in [1.807, 2.05) is 48.5 Å². The van der Waals surface area contributed by atoms with Crippen molar-refractivity contribution < 1.29 is 0 Å². The maximum Gasteiger partial charge on any atom is 0.164 e. The van der Waals surface area contributed by atoms with Crippen LogP contribution in [0, 0.1) is 35.0 Å². The highest BCUT2D eigenvalue weighted by atomic mass is 15.0. The van der Waals surface area contributed by atoms with E-state index in [0.717, 1.165) is 39.7 Å². The number of hydrogen-bond acceptors (Lipinski definition) is 4. The summed E-state index contributed by atoms with van der Waals surface area (Å²) in [7, 11) is 0. The normalized spacial score (nSPS) is 24.3. The van der Waals surface area contributed by atoms with Crippen LogP contribution in [0.1, 0.15) is 48.8 Å². The largest absolute Gasteiger partial charge is 0.208 e. The van der Waals surface area contributed by atoms with Crippen LogP contribution in [0.5, 0.6) is 0 Å². The third kappa shape index (κ3) is 3.97. The van der Waals surface area contributed by atoms with Gasteiger partial charge in [0.2, 0.25) is 0 Å². The molecule has 48 heavy (non-hydrogen) atoms. The molecule has 5 aliphatic rings. The molecule has 5 aliphatic carbocycles. The molecule has 4 saturated carbocycles. The Morgan fingerprint density at radius 1 is 0.500 bits per heavy atom. The lowest BCUT2D eigenvalue weighted by Gasteiger charge is -2.61. The molecule has 0 aliphatic heterocycles. The summed E-state index contributed by atoms with van der Waals surface area (Å²) in [5.41, 5.74) is 11.3. The van der Waals surface area contributed by atoms with Gasteiger partial charge in [-0.05, 0) is 95.7 Å². The van der Waals surface area contributed by atoms with E-state index in [4.69, 9.17) is 15.0 Å². The summed E-state index contributed by atoms with van der Waals surface area (Å²) in [4.78, 5) is 15.1. The molecule has 1 aromatic heterocycles. The molecule has 230 valence electrons. The second kappa shape index (κ2) is 10.6. The zero-order valence-corrected chi connectivity index (χ0v) is 26.7. The van der Waals surface area contributed by atoms with Crippen LogP contribution in [-0.2, 0) is 5.41 Å². The van der Waals surface area contributed by atoms with Gasteiger partial charge in [0.15, 0.2) is 17.5 Å². The van der Waals surface area contributed by atoms with Crippen molar-refractivity contribution in [1.82, 2.24) is 15.0 Å². The van der Waals surface area contributed by atoms with Crippen LogP contribution in [0.2, 0.25) is 0 Å². The van der Waals surface area contributed by atoms with Gasteiger partial charge >= 0.3 is 0 Å². The highest BCUT2D eigenvalue weighted by Gasteiger charge is 2.61. The summed E-state index contributed by atoms with van der Waals surface area (Å²) in [5, 5.41) is 10.2. The number of nitrogens with zero attached hydrogens (tertiary/aromatic N) is 4. The third-order valence-corrected chi connectivity index (χ3v) is 12.0. The van der Waals surface area contributed by atoms with E-state index in [1.165, 1.54) is 54.4 Å². The first-order valence-corrected chi connectivity index (χ1v) is 17.4. The predicted octanol–water partition coefficient (Wildman–Crippen LogP) is 10.1. The topological polar surface area (TPSA) is 62.5 Å². The first kappa shape index (κ1) is 27.7. The molecule has 0 saturated heterocycles. The molecule has 0 atom stereocenters. The van der Waals surface area contributed by atoms with Crippen molar-refractivity contribution in [3.63, 3.8) is 0 Å². The lowest BCUT2D eigenvalue weighted by molar-refractivity contribution is -0.0399. The zero-order valence-electron chi connectivity index (χ0n) is 26.7. The molecular weight excluding hydrogens is 585 g/mol. The summed E-state index contributed by atoms with van der Waals surface area (Å²) in [6.45, 7) is 0. The van der Waals surface area contributed by atoms with Crippen molar-refractivity contribution in [3.05, 3.63) is 138 Å². The van der Waals surface area contributed by atoms with Crippen molar-refractivity contribution in [3.8, 4) is 62.5 Å². The number of aromatic nitrogens is 3. The van der Waals surface area contributed by atoms with Gasteiger partial charge in [-0.1, -0.05) is 109 Å². The Morgan fingerprint density at radius 3 is 1.69 bits per heavy atom. The second-order valence-electron chi connectivity index (χ2n) is 14.4. The first-order chi connectivity index (χ1) is 23.7. The highest BCUT2D eigenvalue weighted by molar-refractivity contribution is 5.95. The van der Waals surface area contributed by atoms with Crippen LogP contribution in [0.4, 0.5) is 0 Å². The first-order valence-electron chi connectivity index (χ1n) is 17.4. The molecular formula is C44H34N4. The van der Waals surface area contributed by atoms with Gasteiger partial charge in [-0.2, -0.15) is 5.26 Å².